The van der Waals surface area contributed by atoms with Gasteiger partial charge in [0.2, 0.25) is 0 Å². The van der Waals surface area contributed by atoms with Crippen molar-refractivity contribution < 1.29 is 37.5 Å². The minimum Gasteiger partial charge on any atom is -1.00 e. The van der Waals surface area contributed by atoms with Gasteiger partial charge in [0.15, 0.2) is 0 Å². The molecular formula is C22H23ClOSiZr. The summed E-state index contributed by atoms with van der Waals surface area (Å²) in [6.45, 7) is 6.66. The van der Waals surface area contributed by atoms with Crippen LogP contribution in [0.2, 0.25) is 0 Å². The second kappa shape index (κ2) is 8.10. The van der Waals surface area contributed by atoms with Crippen LogP contribution in [0, 0.1) is 5.92 Å². The SMILES string of the molecule is CC(C)([O][Zr+]=[SiH2])C(C1C=Cc2ccccc21)C1C=Cc2ccccc21.[Cl-]. The first-order valence-corrected chi connectivity index (χ1v) is 15.8. The third kappa shape index (κ3) is 3.52. The van der Waals surface area contributed by atoms with Crippen molar-refractivity contribution in [2.75, 3.05) is 0 Å². The molecule has 0 spiro atoms. The Kier molecular flexibility index (Phi) is 6.24. The fraction of sp³-hybridized carbons (Fsp3) is 0.273. The van der Waals surface area contributed by atoms with Crippen molar-refractivity contribution in [1.29, 1.82) is 0 Å². The Hall–Kier alpha value is -0.730. The largest absolute Gasteiger partial charge is 1.00 e. The quantitative estimate of drug-likeness (QED) is 0.619. The molecule has 4 rings (SSSR count). The van der Waals surface area contributed by atoms with Crippen LogP contribution in [0.3, 0.4) is 0 Å². The van der Waals surface area contributed by atoms with E-state index in [1.807, 2.05) is 0 Å². The van der Waals surface area contributed by atoms with E-state index in [2.05, 4.69) is 93.6 Å². The second-order valence-electron chi connectivity index (χ2n) is 7.40. The molecule has 0 saturated heterocycles. The van der Waals surface area contributed by atoms with E-state index in [1.54, 1.807) is 0 Å². The molecule has 0 bridgehead atoms. The van der Waals surface area contributed by atoms with Crippen LogP contribution in [0.15, 0.2) is 60.7 Å². The first-order chi connectivity index (χ1) is 12.1. The van der Waals surface area contributed by atoms with E-state index in [9.17, 15) is 0 Å². The molecule has 0 radical (unpaired) electrons. The Labute approximate surface area is 175 Å². The van der Waals surface area contributed by atoms with Crippen LogP contribution in [0.25, 0.3) is 12.2 Å². The zero-order chi connectivity index (χ0) is 17.4. The van der Waals surface area contributed by atoms with E-state index in [0.29, 0.717) is 17.8 Å². The maximum absolute atomic E-state index is 6.46. The molecule has 1 nitrogen and oxygen atoms in total. The van der Waals surface area contributed by atoms with E-state index in [4.69, 9.17) is 2.81 Å². The topological polar surface area (TPSA) is 9.23 Å². The smallest absolute Gasteiger partial charge is 1.00 e. The van der Waals surface area contributed by atoms with Crippen molar-refractivity contribution in [3.8, 4) is 0 Å². The Morgan fingerprint density at radius 3 is 1.81 bits per heavy atom. The van der Waals surface area contributed by atoms with Gasteiger partial charge in [-0.1, -0.05) is 0 Å². The number of fused-ring (bicyclic) bond motifs is 2. The Morgan fingerprint density at radius 1 is 0.885 bits per heavy atom. The molecule has 26 heavy (non-hydrogen) atoms. The normalized spacial score (nSPS) is 20.8. The van der Waals surface area contributed by atoms with Gasteiger partial charge in [-0.3, -0.25) is 0 Å². The molecule has 2 aromatic rings. The van der Waals surface area contributed by atoms with E-state index >= 15 is 0 Å². The summed E-state index contributed by atoms with van der Waals surface area (Å²) in [6.07, 6.45) is 9.39. The molecule has 2 aliphatic carbocycles. The number of hydrogen-bond acceptors (Lipinski definition) is 1. The minimum atomic E-state index is -0.732. The molecule has 0 saturated carbocycles. The first kappa shape index (κ1) is 20.0. The third-order valence-electron chi connectivity index (χ3n) is 5.59. The Balaban J connectivity index is 0.00000196. The number of rotatable bonds is 5. The summed E-state index contributed by atoms with van der Waals surface area (Å²) in [6, 6.07) is 17.6. The molecule has 4 heteroatoms. The van der Waals surface area contributed by atoms with Crippen LogP contribution in [-0.2, 0) is 25.1 Å². The van der Waals surface area contributed by atoms with Crippen molar-refractivity contribution >= 4 is 19.0 Å². The fourth-order valence-electron chi connectivity index (χ4n) is 4.52. The summed E-state index contributed by atoms with van der Waals surface area (Å²) in [7, 11) is 0. The molecule has 0 aliphatic heterocycles. The molecule has 132 valence electrons. The van der Waals surface area contributed by atoms with Gasteiger partial charge in [0.05, 0.1) is 0 Å². The third-order valence-corrected chi connectivity index (χ3v) is 8.09. The van der Waals surface area contributed by atoms with Crippen LogP contribution in [-0.4, -0.2) is 12.5 Å². The van der Waals surface area contributed by atoms with Gasteiger partial charge in [0.1, 0.15) is 0 Å². The summed E-state index contributed by atoms with van der Waals surface area (Å²) < 4.78 is 6.46. The van der Waals surface area contributed by atoms with Crippen molar-refractivity contribution in [2.24, 2.45) is 5.92 Å². The summed E-state index contributed by atoms with van der Waals surface area (Å²) in [5.41, 5.74) is 5.49. The number of halogens is 1. The maximum Gasteiger partial charge on any atom is -1.00 e. The fourth-order valence-corrected chi connectivity index (χ4v) is 7.97. The van der Waals surface area contributed by atoms with Crippen molar-refractivity contribution in [3.63, 3.8) is 0 Å². The number of allylic oxidation sites excluding steroid dienone is 2. The van der Waals surface area contributed by atoms with Crippen LogP contribution in [0.1, 0.15) is 47.9 Å². The number of benzene rings is 2. The van der Waals surface area contributed by atoms with Crippen LogP contribution < -0.4 is 12.4 Å². The van der Waals surface area contributed by atoms with Crippen molar-refractivity contribution in [3.05, 3.63) is 82.9 Å². The van der Waals surface area contributed by atoms with Gasteiger partial charge in [-0.05, 0) is 0 Å². The van der Waals surface area contributed by atoms with Crippen molar-refractivity contribution in [2.45, 2.75) is 31.3 Å². The molecule has 2 unspecified atom stereocenters. The van der Waals surface area contributed by atoms with Gasteiger partial charge in [0.25, 0.3) is 0 Å². The molecule has 2 aromatic carbocycles. The first-order valence-electron chi connectivity index (χ1n) is 8.86. The summed E-state index contributed by atoms with van der Waals surface area (Å²) in [5.74, 6) is 1.21. The molecular weight excluding hydrogens is 435 g/mol. The molecule has 2 atom stereocenters. The molecule has 0 N–H and O–H groups in total. The standard InChI is InChI=1S/C22H21O.ClH.H2Si.Zr/c1-22(2,23)21(19-13-11-15-7-3-5-9-17(15)19)20-14-12-16-8-4-6-10-18(16)20;;;/h3-14,19-21H,1-2H3;1H;1H2;/q-1;;;+2/p-1. The Bertz CT molecular complexity index is 812. The van der Waals surface area contributed by atoms with Crippen LogP contribution in [0.5, 0.6) is 0 Å². The van der Waals surface area contributed by atoms with E-state index in [-0.39, 0.29) is 18.0 Å². The molecule has 2 aliphatic rings. The number of hydrogen-bond donors (Lipinski definition) is 0. The molecule has 0 aromatic heterocycles. The summed E-state index contributed by atoms with van der Waals surface area (Å²) >= 11 is -0.732. The van der Waals surface area contributed by atoms with Gasteiger partial charge >= 0.3 is 164 Å². The monoisotopic (exact) mass is 456 g/mol. The molecule has 0 heterocycles. The second-order valence-corrected chi connectivity index (χ2v) is 10.3. The van der Waals surface area contributed by atoms with E-state index in [0.717, 1.165) is 0 Å². The van der Waals surface area contributed by atoms with E-state index < -0.39 is 22.3 Å². The zero-order valence-electron chi connectivity index (χ0n) is 15.2. The summed E-state index contributed by atoms with van der Waals surface area (Å²) in [4.78, 5) is 0. The Morgan fingerprint density at radius 2 is 1.35 bits per heavy atom. The summed E-state index contributed by atoms with van der Waals surface area (Å²) in [5, 5.41) is 0. The molecule has 0 amide bonds. The van der Waals surface area contributed by atoms with Gasteiger partial charge in [-0.25, -0.2) is 0 Å². The average molecular weight is 458 g/mol. The zero-order valence-corrected chi connectivity index (χ0v) is 19.8. The predicted molar refractivity (Wildman–Crippen MR) is 104 cm³/mol. The van der Waals surface area contributed by atoms with Gasteiger partial charge in [0, 0.05) is 0 Å². The minimum absolute atomic E-state index is 0. The van der Waals surface area contributed by atoms with Crippen molar-refractivity contribution in [1.82, 2.24) is 0 Å². The van der Waals surface area contributed by atoms with Crippen LogP contribution >= 0.6 is 0 Å². The van der Waals surface area contributed by atoms with Crippen LogP contribution in [0.4, 0.5) is 0 Å². The average Bonchev–Trinajstić information content (AvgIpc) is 3.21. The predicted octanol–water partition coefficient (Wildman–Crippen LogP) is 1.57. The van der Waals surface area contributed by atoms with Gasteiger partial charge in [-0.2, -0.15) is 0 Å². The van der Waals surface area contributed by atoms with Gasteiger partial charge < -0.3 is 12.4 Å². The molecule has 0 fully saturated rings. The maximum atomic E-state index is 6.46. The van der Waals surface area contributed by atoms with Gasteiger partial charge in [-0.15, -0.1) is 0 Å². The van der Waals surface area contributed by atoms with E-state index in [1.165, 1.54) is 22.3 Å².